The van der Waals surface area contributed by atoms with Crippen molar-refractivity contribution in [2.75, 3.05) is 32.8 Å². The Bertz CT molecular complexity index is 1350. The standard InChI is InChI=1S/C26H26FN7O2/c1-16-22(5-6-23(27)25(16)28-2)24-13-32-7-8-33(12-21(32)14-36-24)26(35)19-9-17-3-4-20(11-18(17)10-19)34-15-29-30-31-34/h3-6,11,15,19,21,24H,7-10,12-14H2,1H3/t19?,21-,24+/m0/s1. The van der Waals surface area contributed by atoms with E-state index in [4.69, 9.17) is 11.3 Å². The molecule has 1 aromatic heterocycles. The monoisotopic (exact) mass is 487 g/mol. The Balaban J connectivity index is 1.09. The molecule has 0 saturated carbocycles. The third kappa shape index (κ3) is 3.94. The van der Waals surface area contributed by atoms with E-state index in [1.54, 1.807) is 24.0 Å². The van der Waals surface area contributed by atoms with E-state index in [-0.39, 0.29) is 29.7 Å². The zero-order valence-corrected chi connectivity index (χ0v) is 20.0. The summed E-state index contributed by atoms with van der Waals surface area (Å²) in [7, 11) is 0. The van der Waals surface area contributed by atoms with Gasteiger partial charge in [0.05, 0.1) is 31.0 Å². The zero-order valence-electron chi connectivity index (χ0n) is 20.0. The molecule has 10 heteroatoms. The van der Waals surface area contributed by atoms with Crippen molar-refractivity contribution in [2.24, 2.45) is 5.92 Å². The lowest BCUT2D eigenvalue weighted by Crippen LogP contribution is -2.60. The summed E-state index contributed by atoms with van der Waals surface area (Å²) in [5, 5.41) is 11.3. The molecule has 0 N–H and O–H groups in total. The Morgan fingerprint density at radius 3 is 2.83 bits per heavy atom. The fraction of sp³-hybridized carbons (Fsp3) is 0.423. The van der Waals surface area contributed by atoms with Crippen LogP contribution in [-0.4, -0.2) is 74.7 Å². The minimum Gasteiger partial charge on any atom is -0.371 e. The van der Waals surface area contributed by atoms with Gasteiger partial charge in [0.1, 0.15) is 12.1 Å². The number of tetrazole rings is 1. The summed E-state index contributed by atoms with van der Waals surface area (Å²) < 4.78 is 21.8. The minimum absolute atomic E-state index is 0.0539. The van der Waals surface area contributed by atoms with Crippen LogP contribution in [0.5, 0.6) is 0 Å². The van der Waals surface area contributed by atoms with Crippen molar-refractivity contribution in [3.8, 4) is 5.69 Å². The first-order valence-electron chi connectivity index (χ1n) is 12.2. The van der Waals surface area contributed by atoms with Gasteiger partial charge in [-0.05, 0) is 70.6 Å². The van der Waals surface area contributed by atoms with Gasteiger partial charge in [-0.2, -0.15) is 0 Å². The third-order valence-electron chi connectivity index (χ3n) is 7.77. The molecule has 0 spiro atoms. The smallest absolute Gasteiger partial charge is 0.226 e. The van der Waals surface area contributed by atoms with Gasteiger partial charge >= 0.3 is 0 Å². The second-order valence-corrected chi connectivity index (χ2v) is 9.79. The molecule has 1 unspecified atom stereocenters. The van der Waals surface area contributed by atoms with Crippen LogP contribution < -0.4 is 0 Å². The molecule has 0 bridgehead atoms. The average molecular weight is 488 g/mol. The van der Waals surface area contributed by atoms with E-state index in [9.17, 15) is 9.18 Å². The predicted molar refractivity (Wildman–Crippen MR) is 128 cm³/mol. The number of morpholine rings is 1. The lowest BCUT2D eigenvalue weighted by Gasteiger charge is -2.46. The normalized spacial score (nSPS) is 23.7. The summed E-state index contributed by atoms with van der Waals surface area (Å²) in [6, 6.07) is 9.35. The quantitative estimate of drug-likeness (QED) is 0.529. The fourth-order valence-electron chi connectivity index (χ4n) is 5.80. The molecular formula is C26H26FN7O2. The summed E-state index contributed by atoms with van der Waals surface area (Å²) in [4.78, 5) is 21.2. The molecule has 1 aliphatic carbocycles. The number of carbonyl (C=O) groups is 1. The van der Waals surface area contributed by atoms with Gasteiger partial charge in [-0.1, -0.05) is 12.1 Å². The van der Waals surface area contributed by atoms with Crippen molar-refractivity contribution in [3.63, 3.8) is 0 Å². The SMILES string of the molecule is [C-]#[N+]c1c(F)ccc([C@H]2CN3CCN(C(=O)C4Cc5ccc(-n6cnnn6)cc5C4)C[C@H]3CO2)c1C. The third-order valence-corrected chi connectivity index (χ3v) is 7.77. The summed E-state index contributed by atoms with van der Waals surface area (Å²) >= 11 is 0. The van der Waals surface area contributed by atoms with Gasteiger partial charge in [-0.15, -0.1) is 5.10 Å². The predicted octanol–water partition coefficient (Wildman–Crippen LogP) is 2.66. The van der Waals surface area contributed by atoms with E-state index in [2.05, 4.69) is 37.4 Å². The molecule has 0 radical (unpaired) electrons. The number of hydrogen-bond donors (Lipinski definition) is 0. The molecule has 2 fully saturated rings. The van der Waals surface area contributed by atoms with E-state index in [1.807, 2.05) is 11.0 Å². The molecule has 3 aromatic rings. The van der Waals surface area contributed by atoms with Crippen LogP contribution in [0, 0.1) is 25.2 Å². The van der Waals surface area contributed by atoms with Crippen molar-refractivity contribution in [2.45, 2.75) is 31.9 Å². The van der Waals surface area contributed by atoms with Crippen molar-refractivity contribution in [1.29, 1.82) is 0 Å². The van der Waals surface area contributed by atoms with Crippen LogP contribution in [0.2, 0.25) is 0 Å². The molecule has 3 aliphatic rings. The first kappa shape index (κ1) is 22.8. The minimum atomic E-state index is -0.493. The van der Waals surface area contributed by atoms with Gasteiger partial charge in [0.15, 0.2) is 0 Å². The van der Waals surface area contributed by atoms with Crippen LogP contribution in [0.4, 0.5) is 10.1 Å². The molecule has 2 aliphatic heterocycles. The Kier molecular flexibility index (Phi) is 5.74. The van der Waals surface area contributed by atoms with E-state index < -0.39 is 5.82 Å². The van der Waals surface area contributed by atoms with Crippen LogP contribution in [0.25, 0.3) is 10.5 Å². The molecule has 2 saturated heterocycles. The fourth-order valence-corrected chi connectivity index (χ4v) is 5.80. The summed E-state index contributed by atoms with van der Waals surface area (Å²) in [6.07, 6.45) is 2.83. The van der Waals surface area contributed by atoms with E-state index in [0.717, 1.165) is 30.6 Å². The number of ether oxygens (including phenoxy) is 1. The van der Waals surface area contributed by atoms with Crippen LogP contribution in [-0.2, 0) is 22.4 Å². The lowest BCUT2D eigenvalue weighted by atomic mass is 9.97. The number of amides is 1. The van der Waals surface area contributed by atoms with Gasteiger partial charge < -0.3 is 9.64 Å². The van der Waals surface area contributed by atoms with Crippen molar-refractivity contribution >= 4 is 11.6 Å². The number of hydrogen-bond acceptors (Lipinski definition) is 6. The summed E-state index contributed by atoms with van der Waals surface area (Å²) in [5.41, 5.74) is 4.86. The molecule has 3 heterocycles. The maximum atomic E-state index is 14.0. The highest BCUT2D eigenvalue weighted by molar-refractivity contribution is 5.80. The first-order chi connectivity index (χ1) is 17.5. The number of carbonyl (C=O) groups excluding carboxylic acids is 1. The van der Waals surface area contributed by atoms with E-state index in [1.165, 1.54) is 17.2 Å². The Morgan fingerprint density at radius 1 is 1.17 bits per heavy atom. The van der Waals surface area contributed by atoms with Crippen molar-refractivity contribution in [1.82, 2.24) is 30.0 Å². The number of fused-ring (bicyclic) bond motifs is 2. The number of aromatic nitrogens is 4. The Labute approximate surface area is 208 Å². The maximum Gasteiger partial charge on any atom is 0.226 e. The van der Waals surface area contributed by atoms with E-state index in [0.29, 0.717) is 31.8 Å². The Hall–Kier alpha value is -3.68. The molecule has 9 nitrogen and oxygen atoms in total. The second-order valence-electron chi connectivity index (χ2n) is 9.79. The van der Waals surface area contributed by atoms with Gasteiger partial charge in [0, 0.05) is 32.1 Å². The zero-order chi connectivity index (χ0) is 24.8. The lowest BCUT2D eigenvalue weighted by molar-refractivity contribution is -0.143. The van der Waals surface area contributed by atoms with Crippen LogP contribution in [0.1, 0.15) is 28.4 Å². The molecule has 3 atom stereocenters. The second kappa shape index (κ2) is 9.08. The number of piperazine rings is 1. The summed E-state index contributed by atoms with van der Waals surface area (Å²) in [6.45, 7) is 12.3. The molecule has 184 valence electrons. The van der Waals surface area contributed by atoms with Crippen LogP contribution in [0.15, 0.2) is 36.7 Å². The van der Waals surface area contributed by atoms with Crippen molar-refractivity contribution < 1.29 is 13.9 Å². The van der Waals surface area contributed by atoms with Crippen LogP contribution in [0.3, 0.4) is 0 Å². The topological polar surface area (TPSA) is 80.7 Å². The highest BCUT2D eigenvalue weighted by atomic mass is 19.1. The Morgan fingerprint density at radius 2 is 2.03 bits per heavy atom. The van der Waals surface area contributed by atoms with Gasteiger partial charge in [0.2, 0.25) is 11.6 Å². The number of rotatable bonds is 3. The number of halogens is 1. The maximum absolute atomic E-state index is 14.0. The van der Waals surface area contributed by atoms with Gasteiger partial charge in [0.25, 0.3) is 0 Å². The first-order valence-corrected chi connectivity index (χ1v) is 12.2. The molecular weight excluding hydrogens is 461 g/mol. The molecule has 36 heavy (non-hydrogen) atoms. The summed E-state index contributed by atoms with van der Waals surface area (Å²) in [5.74, 6) is -0.345. The van der Waals surface area contributed by atoms with E-state index >= 15 is 0 Å². The highest BCUT2D eigenvalue weighted by Gasteiger charge is 2.39. The average Bonchev–Trinajstić information content (AvgIpc) is 3.58. The molecule has 6 rings (SSSR count). The number of benzene rings is 2. The van der Waals surface area contributed by atoms with Gasteiger partial charge in [-0.3, -0.25) is 9.69 Å². The van der Waals surface area contributed by atoms with Crippen LogP contribution >= 0.6 is 0 Å². The largest absolute Gasteiger partial charge is 0.371 e. The van der Waals surface area contributed by atoms with Crippen molar-refractivity contribution in [3.05, 3.63) is 76.1 Å². The highest BCUT2D eigenvalue weighted by Crippen LogP contribution is 2.35. The van der Waals surface area contributed by atoms with Gasteiger partial charge in [-0.25, -0.2) is 13.9 Å². The number of nitrogens with zero attached hydrogens (tertiary/aromatic N) is 7. The molecule has 1 amide bonds. The molecule has 2 aromatic carbocycles.